The molecule has 0 aliphatic rings. The molecule has 0 aromatic heterocycles. The van der Waals surface area contributed by atoms with E-state index in [4.69, 9.17) is 0 Å². The number of hydrogen-bond donors (Lipinski definition) is 1. The Labute approximate surface area is 44.4 Å². The molecule has 0 spiro atoms. The summed E-state index contributed by atoms with van der Waals surface area (Å²) in [5.41, 5.74) is 0. The van der Waals surface area contributed by atoms with Crippen LogP contribution in [0.1, 0.15) is 0 Å². The minimum atomic E-state index is -1.23. The van der Waals surface area contributed by atoms with Crippen LogP contribution in [0, 0.1) is 0 Å². The van der Waals surface area contributed by atoms with Crippen LogP contribution in [-0.4, -0.2) is 21.8 Å². The molecule has 0 rings (SSSR count). The van der Waals surface area contributed by atoms with Crippen LogP contribution in [0.3, 0.4) is 0 Å². The van der Waals surface area contributed by atoms with Gasteiger partial charge < -0.3 is 0 Å². The maximum atomic E-state index is 3.28. The summed E-state index contributed by atoms with van der Waals surface area (Å²) in [6.45, 7) is 0. The van der Waals surface area contributed by atoms with Crippen LogP contribution in [0.5, 0.6) is 0 Å². The van der Waals surface area contributed by atoms with Gasteiger partial charge in [0.25, 0.3) is 0 Å². The Morgan fingerprint density at radius 3 is 1.33 bits per heavy atom. The molecule has 1 nitrogen and oxygen atoms in total. The van der Waals surface area contributed by atoms with Gasteiger partial charge in [0.2, 0.25) is 0 Å². The third kappa shape index (κ3) is 4.69. The topological polar surface area (TPSA) is 12.0 Å². The molecule has 0 saturated carbocycles. The molecular weight excluding hydrogens is 189 g/mol. The van der Waals surface area contributed by atoms with Crippen molar-refractivity contribution in [2.75, 3.05) is 21.8 Å². The fraction of sp³-hybridized carbons (Fsp3) is 1.00. The second kappa shape index (κ2) is 2.12. The number of hydrogen-bond acceptors (Lipinski definition) is 1. The van der Waals surface area contributed by atoms with E-state index in [1.54, 1.807) is 0 Å². The van der Waals surface area contributed by atoms with E-state index in [1.807, 2.05) is 7.05 Å². The predicted molar refractivity (Wildman–Crippen MR) is 26.8 cm³/mol. The summed E-state index contributed by atoms with van der Waals surface area (Å²) >= 11 is -1.23. The van der Waals surface area contributed by atoms with Crippen LogP contribution in [0.15, 0.2) is 0 Å². The van der Waals surface area contributed by atoms with Gasteiger partial charge in [-0.2, -0.15) is 0 Å². The molecule has 0 atom stereocenters. The SMILES string of the molecule is CN[I-](C)(C)C. The molecule has 1 N–H and O–H groups in total. The van der Waals surface area contributed by atoms with Gasteiger partial charge in [0, 0.05) is 0 Å². The summed E-state index contributed by atoms with van der Waals surface area (Å²) in [7, 11) is 2.04. The first-order chi connectivity index (χ1) is 2.56. The van der Waals surface area contributed by atoms with Gasteiger partial charge in [-0.15, -0.1) is 0 Å². The molecule has 0 fully saturated rings. The van der Waals surface area contributed by atoms with Crippen molar-refractivity contribution in [2.24, 2.45) is 0 Å². The van der Waals surface area contributed by atoms with Gasteiger partial charge in [-0.3, -0.25) is 0 Å². The fourth-order valence-electron chi connectivity index (χ4n) is 0. The molecule has 0 aromatic carbocycles. The van der Waals surface area contributed by atoms with E-state index in [0.717, 1.165) is 0 Å². The molecule has 0 aliphatic heterocycles. The van der Waals surface area contributed by atoms with E-state index in [1.165, 1.54) is 0 Å². The summed E-state index contributed by atoms with van der Waals surface area (Å²) < 4.78 is 3.28. The molecular formula is C4H13IN-. The third-order valence-electron chi connectivity index (χ3n) is 0.567. The Morgan fingerprint density at radius 1 is 1.17 bits per heavy atom. The normalized spacial score (nSPS) is 14.7. The number of nitrogens with one attached hydrogen (secondary N) is 1. The molecule has 0 unspecified atom stereocenters. The predicted octanol–water partition coefficient (Wildman–Crippen LogP) is -2.83. The number of halogens is 1. The van der Waals surface area contributed by atoms with Gasteiger partial charge in [0.15, 0.2) is 0 Å². The molecule has 0 bridgehead atoms. The Balaban J connectivity index is 3.17. The number of rotatable bonds is 1. The average molecular weight is 202 g/mol. The second-order valence-electron chi connectivity index (χ2n) is 1.89. The Kier molecular flexibility index (Phi) is 2.36. The van der Waals surface area contributed by atoms with Crippen molar-refractivity contribution in [3.8, 4) is 0 Å². The van der Waals surface area contributed by atoms with Crippen molar-refractivity contribution >= 4 is 0 Å². The fourth-order valence-corrected chi connectivity index (χ4v) is 0. The molecule has 42 valence electrons. The standard InChI is InChI=1S/C4H13IN/c1-5(2,3)6-4/h6H,1-4H3/q-1. The van der Waals surface area contributed by atoms with Gasteiger partial charge in [-0.05, 0) is 0 Å². The number of alkyl halides is 3. The van der Waals surface area contributed by atoms with Crippen LogP contribution in [0.4, 0.5) is 0 Å². The van der Waals surface area contributed by atoms with E-state index in [2.05, 4.69) is 18.3 Å². The summed E-state index contributed by atoms with van der Waals surface area (Å²) in [6.07, 6.45) is 0. The van der Waals surface area contributed by atoms with E-state index in [-0.39, 0.29) is 0 Å². The van der Waals surface area contributed by atoms with Gasteiger partial charge in [-0.25, -0.2) is 0 Å². The molecule has 0 radical (unpaired) electrons. The quantitative estimate of drug-likeness (QED) is 0.274. The minimum absolute atomic E-state index is 1.23. The van der Waals surface area contributed by atoms with E-state index >= 15 is 0 Å². The summed E-state index contributed by atoms with van der Waals surface area (Å²) in [6, 6.07) is 0. The van der Waals surface area contributed by atoms with Crippen molar-refractivity contribution < 1.29 is 18.7 Å². The Hall–Kier alpha value is 0.690. The first kappa shape index (κ1) is 6.69. The van der Waals surface area contributed by atoms with Crippen LogP contribution in [0.2, 0.25) is 0 Å². The summed E-state index contributed by atoms with van der Waals surface area (Å²) in [5.74, 6) is 0. The van der Waals surface area contributed by atoms with Gasteiger partial charge in [-0.1, -0.05) is 0 Å². The zero-order valence-electron chi connectivity index (χ0n) is 4.88. The maximum absolute atomic E-state index is 3.28. The molecule has 2 heteroatoms. The molecule has 0 aliphatic carbocycles. The Morgan fingerprint density at radius 2 is 1.33 bits per heavy atom. The first-order valence-corrected chi connectivity index (χ1v) is 9.37. The Bertz CT molecular complexity index is 37.3. The van der Waals surface area contributed by atoms with E-state index in [0.29, 0.717) is 0 Å². The van der Waals surface area contributed by atoms with Crippen LogP contribution < -0.4 is 22.2 Å². The molecule has 6 heavy (non-hydrogen) atoms. The third-order valence-corrected chi connectivity index (χ3v) is 3.80. The van der Waals surface area contributed by atoms with Crippen LogP contribution in [-0.2, 0) is 0 Å². The van der Waals surface area contributed by atoms with Crippen molar-refractivity contribution in [2.45, 2.75) is 0 Å². The van der Waals surface area contributed by atoms with E-state index < -0.39 is 18.7 Å². The van der Waals surface area contributed by atoms with Crippen LogP contribution >= 0.6 is 0 Å². The van der Waals surface area contributed by atoms with Crippen molar-refractivity contribution in [3.63, 3.8) is 0 Å². The van der Waals surface area contributed by atoms with Gasteiger partial charge in [0.05, 0.1) is 0 Å². The average Bonchev–Trinajstić information content (AvgIpc) is 1.35. The van der Waals surface area contributed by atoms with Crippen molar-refractivity contribution in [1.29, 1.82) is 0 Å². The van der Waals surface area contributed by atoms with Crippen molar-refractivity contribution in [3.05, 3.63) is 0 Å². The van der Waals surface area contributed by atoms with Crippen LogP contribution in [0.25, 0.3) is 0 Å². The zero-order chi connectivity index (χ0) is 5.21. The zero-order valence-corrected chi connectivity index (χ0v) is 7.04. The molecule has 0 amide bonds. The molecule has 0 aromatic rings. The van der Waals surface area contributed by atoms with E-state index in [9.17, 15) is 0 Å². The summed E-state index contributed by atoms with van der Waals surface area (Å²) in [5, 5.41) is 0. The molecule has 0 heterocycles. The summed E-state index contributed by atoms with van der Waals surface area (Å²) in [4.78, 5) is 6.94. The molecule has 0 saturated heterocycles. The monoisotopic (exact) mass is 202 g/mol. The second-order valence-corrected chi connectivity index (χ2v) is 12.7. The van der Waals surface area contributed by atoms with Gasteiger partial charge in [0.1, 0.15) is 0 Å². The van der Waals surface area contributed by atoms with Gasteiger partial charge >= 0.3 is 44.1 Å². The van der Waals surface area contributed by atoms with Crippen molar-refractivity contribution in [1.82, 2.24) is 3.53 Å². The first-order valence-electron chi connectivity index (χ1n) is 1.82.